The van der Waals surface area contributed by atoms with Crippen LogP contribution in [0, 0.1) is 5.92 Å². The Morgan fingerprint density at radius 2 is 2.12 bits per heavy atom. The van der Waals surface area contributed by atoms with Gasteiger partial charge in [-0.05, 0) is 31.7 Å². The van der Waals surface area contributed by atoms with Gasteiger partial charge in [-0.3, -0.25) is 4.90 Å². The monoisotopic (exact) mass is 368 g/mol. The second-order valence-electron chi connectivity index (χ2n) is 7.11. The summed E-state index contributed by atoms with van der Waals surface area (Å²) >= 11 is 0. The Labute approximate surface area is 150 Å². The molecule has 140 valence electrons. The van der Waals surface area contributed by atoms with Gasteiger partial charge in [0.1, 0.15) is 5.75 Å². The molecule has 2 fully saturated rings. The average Bonchev–Trinajstić information content (AvgIpc) is 2.60. The molecule has 1 unspecified atom stereocenters. The molecular weight excluding hydrogens is 340 g/mol. The number of rotatable bonds is 7. The molecule has 1 aromatic rings. The number of hydrogen-bond acceptors (Lipinski definition) is 5. The largest absolute Gasteiger partial charge is 0.496 e. The Bertz CT molecular complexity index is 676. The highest BCUT2D eigenvalue weighted by Gasteiger charge is 2.46. The molecule has 25 heavy (non-hydrogen) atoms. The van der Waals surface area contributed by atoms with Gasteiger partial charge in [0.05, 0.1) is 25.1 Å². The number of ether oxygens (including phenoxy) is 2. The van der Waals surface area contributed by atoms with Crippen molar-refractivity contribution >= 4 is 10.0 Å². The third-order valence-corrected chi connectivity index (χ3v) is 6.58. The van der Waals surface area contributed by atoms with Crippen LogP contribution in [-0.4, -0.2) is 58.0 Å². The molecule has 0 radical (unpaired) electrons. The summed E-state index contributed by atoms with van der Waals surface area (Å²) in [5.41, 5.74) is 1.16. The maximum Gasteiger partial charge on any atom is 0.211 e. The van der Waals surface area contributed by atoms with Gasteiger partial charge in [-0.15, -0.1) is 0 Å². The van der Waals surface area contributed by atoms with Crippen molar-refractivity contribution in [1.29, 1.82) is 0 Å². The zero-order valence-corrected chi connectivity index (χ0v) is 15.8. The van der Waals surface area contributed by atoms with Crippen molar-refractivity contribution in [3.63, 3.8) is 0 Å². The van der Waals surface area contributed by atoms with Crippen LogP contribution in [0.3, 0.4) is 0 Å². The minimum Gasteiger partial charge on any atom is -0.496 e. The predicted molar refractivity (Wildman–Crippen MR) is 97.1 cm³/mol. The van der Waals surface area contributed by atoms with E-state index in [2.05, 4.69) is 15.7 Å². The SMILES string of the molecule is CCS(=O)(=O)NCC1CCC2(CN(Cc3ccccc3OC)C2)OC1. The minimum atomic E-state index is -3.11. The Kier molecular flexibility index (Phi) is 5.68. The number of likely N-dealkylation sites (tertiary alicyclic amines) is 1. The van der Waals surface area contributed by atoms with Crippen molar-refractivity contribution in [1.82, 2.24) is 9.62 Å². The van der Waals surface area contributed by atoms with E-state index in [1.54, 1.807) is 14.0 Å². The fourth-order valence-electron chi connectivity index (χ4n) is 3.63. The summed E-state index contributed by atoms with van der Waals surface area (Å²) in [6.07, 6.45) is 2.00. The molecule has 1 aromatic carbocycles. The molecule has 6 nitrogen and oxygen atoms in total. The smallest absolute Gasteiger partial charge is 0.211 e. The van der Waals surface area contributed by atoms with Gasteiger partial charge in [-0.25, -0.2) is 13.1 Å². The summed E-state index contributed by atoms with van der Waals surface area (Å²) in [6, 6.07) is 8.11. The van der Waals surface area contributed by atoms with Crippen molar-refractivity contribution in [2.45, 2.75) is 31.9 Å². The Hall–Kier alpha value is -1.15. The summed E-state index contributed by atoms with van der Waals surface area (Å²) in [5, 5.41) is 0. The Morgan fingerprint density at radius 1 is 1.36 bits per heavy atom. The molecule has 1 atom stereocenters. The van der Waals surface area contributed by atoms with Gasteiger partial charge < -0.3 is 9.47 Å². The minimum absolute atomic E-state index is 0.0395. The van der Waals surface area contributed by atoms with Crippen molar-refractivity contribution in [3.05, 3.63) is 29.8 Å². The van der Waals surface area contributed by atoms with Gasteiger partial charge in [-0.2, -0.15) is 0 Å². The maximum atomic E-state index is 11.5. The summed E-state index contributed by atoms with van der Waals surface area (Å²) in [5.74, 6) is 1.33. The lowest BCUT2D eigenvalue weighted by atomic mass is 9.83. The first-order chi connectivity index (χ1) is 12.0. The van der Waals surface area contributed by atoms with Gasteiger partial charge in [0.25, 0.3) is 0 Å². The highest BCUT2D eigenvalue weighted by Crippen LogP contribution is 2.37. The molecule has 0 saturated carbocycles. The number of hydrogen-bond donors (Lipinski definition) is 1. The molecule has 3 rings (SSSR count). The number of para-hydroxylation sites is 1. The molecule has 0 bridgehead atoms. The molecule has 0 amide bonds. The summed E-state index contributed by atoms with van der Waals surface area (Å²) in [4.78, 5) is 2.37. The van der Waals surface area contributed by atoms with E-state index >= 15 is 0 Å². The van der Waals surface area contributed by atoms with E-state index in [0.717, 1.165) is 38.2 Å². The van der Waals surface area contributed by atoms with Crippen LogP contribution in [0.1, 0.15) is 25.3 Å². The first-order valence-corrected chi connectivity index (χ1v) is 10.6. The summed E-state index contributed by atoms with van der Waals surface area (Å²) in [6.45, 7) is 5.50. The molecule has 7 heteroatoms. The molecular formula is C18H28N2O4S. The molecule has 2 heterocycles. The van der Waals surface area contributed by atoms with Gasteiger partial charge in [0.15, 0.2) is 0 Å². The number of nitrogens with zero attached hydrogens (tertiary/aromatic N) is 1. The van der Waals surface area contributed by atoms with Crippen LogP contribution in [0.5, 0.6) is 5.75 Å². The highest BCUT2D eigenvalue weighted by molar-refractivity contribution is 7.89. The van der Waals surface area contributed by atoms with Crippen LogP contribution in [-0.2, 0) is 21.3 Å². The molecule has 1 spiro atoms. The number of nitrogens with one attached hydrogen (secondary N) is 1. The molecule has 2 aliphatic heterocycles. The van der Waals surface area contributed by atoms with Crippen molar-refractivity contribution in [2.24, 2.45) is 5.92 Å². The van der Waals surface area contributed by atoms with Crippen LogP contribution < -0.4 is 9.46 Å². The lowest BCUT2D eigenvalue weighted by Gasteiger charge is -2.53. The fraction of sp³-hybridized carbons (Fsp3) is 0.667. The van der Waals surface area contributed by atoms with Crippen LogP contribution in [0.15, 0.2) is 24.3 Å². The summed E-state index contributed by atoms with van der Waals surface area (Å²) in [7, 11) is -1.41. The van der Waals surface area contributed by atoms with Crippen molar-refractivity contribution in [3.8, 4) is 5.75 Å². The van der Waals surface area contributed by atoms with E-state index in [0.29, 0.717) is 13.2 Å². The second-order valence-corrected chi connectivity index (χ2v) is 9.20. The van der Waals surface area contributed by atoms with E-state index in [4.69, 9.17) is 9.47 Å². The third-order valence-electron chi connectivity index (χ3n) is 5.22. The molecule has 0 aliphatic carbocycles. The standard InChI is InChI=1S/C18H28N2O4S/c1-3-25(21,22)19-10-15-8-9-18(24-12-15)13-20(14-18)11-16-6-4-5-7-17(16)23-2/h4-7,15,19H,3,8-14H2,1-2H3. The van der Waals surface area contributed by atoms with E-state index in [1.165, 1.54) is 5.56 Å². The molecule has 2 saturated heterocycles. The van der Waals surface area contributed by atoms with Crippen LogP contribution in [0.25, 0.3) is 0 Å². The zero-order chi connectivity index (χ0) is 17.9. The van der Waals surface area contributed by atoms with Crippen LogP contribution >= 0.6 is 0 Å². The second kappa shape index (κ2) is 7.61. The van der Waals surface area contributed by atoms with Crippen molar-refractivity contribution < 1.29 is 17.9 Å². The van der Waals surface area contributed by atoms with Gasteiger partial charge in [0.2, 0.25) is 10.0 Å². The quantitative estimate of drug-likeness (QED) is 0.792. The van der Waals surface area contributed by atoms with E-state index in [-0.39, 0.29) is 17.3 Å². The maximum absolute atomic E-state index is 11.5. The predicted octanol–water partition coefficient (Wildman–Crippen LogP) is 1.62. The van der Waals surface area contributed by atoms with E-state index in [9.17, 15) is 8.42 Å². The van der Waals surface area contributed by atoms with E-state index < -0.39 is 10.0 Å². The topological polar surface area (TPSA) is 67.9 Å². The number of sulfonamides is 1. The Balaban J connectivity index is 1.44. The zero-order valence-electron chi connectivity index (χ0n) is 15.0. The van der Waals surface area contributed by atoms with Crippen LogP contribution in [0.2, 0.25) is 0 Å². The molecule has 2 aliphatic rings. The van der Waals surface area contributed by atoms with Gasteiger partial charge >= 0.3 is 0 Å². The van der Waals surface area contributed by atoms with Gasteiger partial charge in [0, 0.05) is 31.7 Å². The van der Waals surface area contributed by atoms with E-state index in [1.807, 2.05) is 18.2 Å². The Morgan fingerprint density at radius 3 is 2.76 bits per heavy atom. The van der Waals surface area contributed by atoms with Crippen LogP contribution in [0.4, 0.5) is 0 Å². The molecule has 0 aromatic heterocycles. The van der Waals surface area contributed by atoms with Crippen molar-refractivity contribution in [2.75, 3.05) is 39.1 Å². The average molecular weight is 368 g/mol. The highest BCUT2D eigenvalue weighted by atomic mass is 32.2. The third kappa shape index (κ3) is 4.53. The lowest BCUT2D eigenvalue weighted by Crippen LogP contribution is -2.64. The fourth-order valence-corrected chi connectivity index (χ4v) is 4.32. The summed E-state index contributed by atoms with van der Waals surface area (Å²) < 4.78 is 37.3. The first kappa shape index (κ1) is 18.6. The normalized spacial score (nSPS) is 23.4. The number of methoxy groups -OCH3 is 1. The first-order valence-electron chi connectivity index (χ1n) is 8.91. The van der Waals surface area contributed by atoms with Gasteiger partial charge in [-0.1, -0.05) is 18.2 Å². The number of benzene rings is 1. The molecule has 1 N–H and O–H groups in total. The lowest BCUT2D eigenvalue weighted by molar-refractivity contribution is -0.181.